The summed E-state index contributed by atoms with van der Waals surface area (Å²) in [5.41, 5.74) is 6.34. The molecule has 7 amide bonds. The molecule has 2 heterocycles. The Hall–Kier alpha value is -7.79. The lowest BCUT2D eigenvalue weighted by Crippen LogP contribution is -2.53. The highest BCUT2D eigenvalue weighted by Gasteiger charge is 2.34. The van der Waals surface area contributed by atoms with Gasteiger partial charge >= 0.3 is 18.3 Å². The Labute approximate surface area is 422 Å². The van der Waals surface area contributed by atoms with Crippen LogP contribution in [0.3, 0.4) is 0 Å². The number of nitrogens with one attached hydrogen (secondary N) is 4. The molecular formula is C50H65N7O16. The zero-order valence-corrected chi connectivity index (χ0v) is 41.6. The number of methoxy groups -OCH3 is 2. The zero-order chi connectivity index (χ0) is 53.2. The predicted molar refractivity (Wildman–Crippen MR) is 264 cm³/mol. The number of alkyl carbamates (subject to hydrolysis) is 1. The number of carbonyl (C=O) groups excluding carboxylic acids is 7. The minimum atomic E-state index is -1.15. The summed E-state index contributed by atoms with van der Waals surface area (Å²) in [7, 11) is 2.77. The molecule has 2 saturated heterocycles. The van der Waals surface area contributed by atoms with Crippen molar-refractivity contribution in [1.82, 2.24) is 20.4 Å². The fourth-order valence-electron chi connectivity index (χ4n) is 8.04. The Balaban J connectivity index is 1.22. The summed E-state index contributed by atoms with van der Waals surface area (Å²) in [6.07, 6.45) is 1.35. The molecule has 2 aliphatic heterocycles. The van der Waals surface area contributed by atoms with Crippen molar-refractivity contribution < 1.29 is 76.9 Å². The van der Waals surface area contributed by atoms with Crippen molar-refractivity contribution in [3.05, 3.63) is 77.9 Å². The van der Waals surface area contributed by atoms with Crippen LogP contribution in [-0.4, -0.2) is 146 Å². The minimum absolute atomic E-state index is 0.00304. The van der Waals surface area contributed by atoms with Crippen LogP contribution in [-0.2, 0) is 25.7 Å². The van der Waals surface area contributed by atoms with Gasteiger partial charge in [-0.25, -0.2) is 14.4 Å². The second-order valence-corrected chi connectivity index (χ2v) is 17.3. The molecule has 396 valence electrons. The van der Waals surface area contributed by atoms with Crippen molar-refractivity contribution in [3.63, 3.8) is 0 Å². The summed E-state index contributed by atoms with van der Waals surface area (Å²) in [5.74, 6) is -1.90. The molecule has 4 atom stereocenters. The van der Waals surface area contributed by atoms with Crippen LogP contribution in [0.25, 0.3) is 0 Å². The number of likely N-dealkylation sites (tertiary alicyclic amines) is 2. The number of hydrogen-bond donors (Lipinski definition) is 7. The number of hydrogen-bond acceptors (Lipinski definition) is 16. The lowest BCUT2D eigenvalue weighted by atomic mass is 10.0. The largest absolute Gasteiger partial charge is 0.493 e. The molecule has 2 fully saturated rings. The Bertz CT molecular complexity index is 2450. The Morgan fingerprint density at radius 1 is 0.726 bits per heavy atom. The van der Waals surface area contributed by atoms with E-state index in [-0.39, 0.29) is 97.5 Å². The van der Waals surface area contributed by atoms with Gasteiger partial charge in [0.05, 0.1) is 69.5 Å². The molecule has 0 bridgehead atoms. The molecule has 8 N–H and O–H groups in total. The van der Waals surface area contributed by atoms with Crippen molar-refractivity contribution in [3.8, 4) is 28.7 Å². The SMILES string of the molecule is C=CCOC(=O)NC(C(=O)NC(C)C(=O)Nc1ccc(COC(=O)Nc2cc(OCCCOc3cc(OC(N)=O)c(C(=O)N4CCCC4CO)cc3OC)c(OC)cc2C(=O)N2CCCC2CO)cc1)C(C)C. The molecule has 73 heavy (non-hydrogen) atoms. The summed E-state index contributed by atoms with van der Waals surface area (Å²) in [6.45, 7) is 8.55. The van der Waals surface area contributed by atoms with Crippen molar-refractivity contribution in [2.45, 2.75) is 83.6 Å². The van der Waals surface area contributed by atoms with Gasteiger partial charge in [0, 0.05) is 43.4 Å². The lowest BCUT2D eigenvalue weighted by molar-refractivity contribution is -0.128. The van der Waals surface area contributed by atoms with Crippen molar-refractivity contribution >= 4 is 53.3 Å². The fraction of sp³-hybridized carbons (Fsp3) is 0.460. The molecule has 0 aliphatic carbocycles. The van der Waals surface area contributed by atoms with Crippen LogP contribution in [0.1, 0.15) is 79.2 Å². The third-order valence-electron chi connectivity index (χ3n) is 11.9. The van der Waals surface area contributed by atoms with Crippen LogP contribution in [0.4, 0.5) is 25.8 Å². The van der Waals surface area contributed by atoms with E-state index in [1.807, 2.05) is 0 Å². The molecule has 3 aromatic carbocycles. The van der Waals surface area contributed by atoms with E-state index < -0.39 is 66.1 Å². The average Bonchev–Trinajstić information content (AvgIpc) is 4.07. The topological polar surface area (TPSA) is 305 Å². The molecule has 5 rings (SSSR count). The average molecular weight is 1020 g/mol. The van der Waals surface area contributed by atoms with E-state index in [4.69, 9.17) is 38.9 Å². The van der Waals surface area contributed by atoms with E-state index in [0.717, 1.165) is 0 Å². The summed E-state index contributed by atoms with van der Waals surface area (Å²) in [4.78, 5) is 93.7. The third kappa shape index (κ3) is 15.4. The number of ether oxygens (including phenoxy) is 7. The van der Waals surface area contributed by atoms with Gasteiger partial charge in [0.1, 0.15) is 31.0 Å². The molecule has 23 nitrogen and oxygen atoms in total. The van der Waals surface area contributed by atoms with E-state index in [1.165, 1.54) is 61.3 Å². The van der Waals surface area contributed by atoms with Gasteiger partial charge in [-0.3, -0.25) is 24.5 Å². The van der Waals surface area contributed by atoms with Crippen LogP contribution < -0.4 is 50.7 Å². The van der Waals surface area contributed by atoms with Crippen LogP contribution in [0.2, 0.25) is 0 Å². The van der Waals surface area contributed by atoms with Crippen molar-refractivity contribution in [1.29, 1.82) is 0 Å². The van der Waals surface area contributed by atoms with E-state index in [9.17, 15) is 43.8 Å². The van der Waals surface area contributed by atoms with E-state index in [0.29, 0.717) is 50.0 Å². The van der Waals surface area contributed by atoms with Gasteiger partial charge in [-0.15, -0.1) is 0 Å². The van der Waals surface area contributed by atoms with Crippen LogP contribution in [0.5, 0.6) is 28.7 Å². The van der Waals surface area contributed by atoms with Gasteiger partial charge in [0.2, 0.25) is 11.8 Å². The smallest absolute Gasteiger partial charge is 0.411 e. The Kier molecular flexibility index (Phi) is 20.9. The number of anilines is 2. The predicted octanol–water partition coefficient (Wildman–Crippen LogP) is 4.33. The molecule has 0 radical (unpaired) electrons. The van der Waals surface area contributed by atoms with Crippen LogP contribution >= 0.6 is 0 Å². The molecule has 4 unspecified atom stereocenters. The summed E-state index contributed by atoms with van der Waals surface area (Å²) < 4.78 is 38.8. The zero-order valence-electron chi connectivity index (χ0n) is 41.6. The normalized spacial score (nSPS) is 15.8. The number of nitrogens with two attached hydrogens (primary N) is 1. The first kappa shape index (κ1) is 56.1. The maximum Gasteiger partial charge on any atom is 0.411 e. The van der Waals surface area contributed by atoms with Crippen LogP contribution in [0.15, 0.2) is 61.2 Å². The van der Waals surface area contributed by atoms with E-state index >= 15 is 0 Å². The molecular weight excluding hydrogens is 955 g/mol. The van der Waals surface area contributed by atoms with Gasteiger partial charge in [-0.1, -0.05) is 38.6 Å². The molecule has 0 spiro atoms. The number of nitrogens with zero attached hydrogens (tertiary/aromatic N) is 2. The summed E-state index contributed by atoms with van der Waals surface area (Å²) in [5, 5.41) is 30.2. The number of rotatable bonds is 24. The van der Waals surface area contributed by atoms with Crippen molar-refractivity contribution in [2.75, 3.05) is 71.0 Å². The molecule has 2 aliphatic rings. The Morgan fingerprint density at radius 2 is 1.30 bits per heavy atom. The van der Waals surface area contributed by atoms with Crippen molar-refractivity contribution in [2.24, 2.45) is 11.7 Å². The number of primary amides is 1. The highest BCUT2D eigenvalue weighted by atomic mass is 16.6. The van der Waals surface area contributed by atoms with E-state index in [1.54, 1.807) is 38.1 Å². The third-order valence-corrected chi connectivity index (χ3v) is 11.9. The number of aliphatic hydroxyl groups excluding tert-OH is 2. The highest BCUT2D eigenvalue weighted by molar-refractivity contribution is 6.04. The van der Waals surface area contributed by atoms with Crippen LogP contribution in [0, 0.1) is 5.92 Å². The first-order valence-electron chi connectivity index (χ1n) is 23.7. The quantitative estimate of drug-likeness (QED) is 0.0485. The van der Waals surface area contributed by atoms with E-state index in [2.05, 4.69) is 27.8 Å². The monoisotopic (exact) mass is 1020 g/mol. The second kappa shape index (κ2) is 27.1. The van der Waals surface area contributed by atoms with Gasteiger partial charge < -0.3 is 74.9 Å². The lowest BCUT2D eigenvalue weighted by Gasteiger charge is -2.25. The molecule has 3 aromatic rings. The van der Waals surface area contributed by atoms with Gasteiger partial charge in [-0.2, -0.15) is 0 Å². The highest BCUT2D eigenvalue weighted by Crippen LogP contribution is 2.38. The van der Waals surface area contributed by atoms with Gasteiger partial charge in [0.25, 0.3) is 11.8 Å². The Morgan fingerprint density at radius 3 is 1.85 bits per heavy atom. The molecule has 0 saturated carbocycles. The summed E-state index contributed by atoms with van der Waals surface area (Å²) >= 11 is 0. The first-order valence-corrected chi connectivity index (χ1v) is 23.7. The second-order valence-electron chi connectivity index (χ2n) is 17.3. The number of benzene rings is 3. The van der Waals surface area contributed by atoms with Gasteiger partial charge in [0.15, 0.2) is 23.0 Å². The molecule has 23 heteroatoms. The maximum atomic E-state index is 14.0. The number of aliphatic hydroxyl groups is 2. The maximum absolute atomic E-state index is 14.0. The standard InChI is InChI=1S/C50H65N7O16/c1-7-19-71-50(66)55-43(29(2)3)45(61)52-30(4)44(60)53-32-15-13-31(14-16-32)28-72-49(65)54-37-24-41(39(67-5)22-35(37)46(62)56-17-8-11-33(56)26-58)69-20-10-21-70-42-25-38(73-48(51)64)36(23-40(42)68-6)47(63)57-18-9-12-34(57)27-59/h7,13-16,22-25,29-30,33-34,43,58-59H,1,8-12,17-21,26-28H2,2-6H3,(H2,51,64)(H,52,61)(H,53,60)(H,54,65)(H,55,66). The minimum Gasteiger partial charge on any atom is -0.493 e. The van der Waals surface area contributed by atoms with Gasteiger partial charge in [-0.05, 0) is 62.3 Å². The summed E-state index contributed by atoms with van der Waals surface area (Å²) in [6, 6.07) is 9.15. The number of carbonyl (C=O) groups is 7. The first-order chi connectivity index (χ1) is 35.0. The fourth-order valence-corrected chi connectivity index (χ4v) is 8.04. The number of amides is 7. The molecule has 0 aromatic heterocycles.